The molecule has 1 saturated carbocycles. The molecule has 1 aliphatic carbocycles. The van der Waals surface area contributed by atoms with E-state index in [1.165, 1.54) is 36.6 Å². The number of hydrazone groups is 1. The molecule has 1 saturated heterocycles. The van der Waals surface area contributed by atoms with Gasteiger partial charge in [-0.1, -0.05) is 61.7 Å². The van der Waals surface area contributed by atoms with Gasteiger partial charge in [0.1, 0.15) is 5.82 Å². The van der Waals surface area contributed by atoms with Crippen LogP contribution in [0.15, 0.2) is 84.3 Å². The second-order valence-corrected chi connectivity index (χ2v) is 8.32. The molecule has 34 heavy (non-hydrogen) atoms. The summed E-state index contributed by atoms with van der Waals surface area (Å²) in [7, 11) is 1.50. The Morgan fingerprint density at radius 1 is 1.09 bits per heavy atom. The van der Waals surface area contributed by atoms with E-state index in [-0.39, 0.29) is 11.9 Å². The lowest BCUT2D eigenvalue weighted by Crippen LogP contribution is -2.39. The molecule has 4 rings (SSSR count). The molecule has 0 bridgehead atoms. The number of rotatable bonds is 9. The van der Waals surface area contributed by atoms with E-state index >= 15 is 0 Å². The molecule has 0 aromatic heterocycles. The van der Waals surface area contributed by atoms with E-state index < -0.39 is 0 Å². The normalized spacial score (nSPS) is 16.4. The number of halogens is 1. The number of benzene rings is 2. The maximum Gasteiger partial charge on any atom is 0.126 e. The first kappa shape index (κ1) is 27.1. The van der Waals surface area contributed by atoms with E-state index in [1.54, 1.807) is 6.07 Å². The van der Waals surface area contributed by atoms with Crippen LogP contribution in [0.3, 0.4) is 0 Å². The molecule has 1 atom stereocenters. The Labute approximate surface area is 203 Å². The van der Waals surface area contributed by atoms with Crippen molar-refractivity contribution < 1.29 is 4.39 Å². The maximum atomic E-state index is 12.9. The third-order valence-electron chi connectivity index (χ3n) is 5.87. The average molecular weight is 467 g/mol. The van der Waals surface area contributed by atoms with Gasteiger partial charge in [-0.2, -0.15) is 5.10 Å². The molecule has 0 amide bonds. The molecule has 0 spiro atoms. The second kappa shape index (κ2) is 14.2. The average Bonchev–Trinajstić information content (AvgIpc) is 3.59. The van der Waals surface area contributed by atoms with Crippen LogP contribution in [0.5, 0.6) is 0 Å². The molecular weight excluding hydrogens is 427 g/mol. The minimum Gasteiger partial charge on any atom is -0.383 e. The SMILES string of the molecule is C=NN(N)CC(=C)N1CCCC1C(=C)NCc1ccccc1.CN.Fc1ccccc1C1CC1. The lowest BCUT2D eigenvalue weighted by atomic mass is 10.1. The summed E-state index contributed by atoms with van der Waals surface area (Å²) < 4.78 is 12.9. The third-order valence-corrected chi connectivity index (χ3v) is 5.87. The van der Waals surface area contributed by atoms with Gasteiger partial charge in [0.05, 0.1) is 12.6 Å². The van der Waals surface area contributed by atoms with E-state index in [1.807, 2.05) is 30.3 Å². The van der Waals surface area contributed by atoms with Crippen molar-refractivity contribution >= 4 is 6.72 Å². The Kier molecular flexibility index (Phi) is 11.3. The molecule has 6 nitrogen and oxygen atoms in total. The molecule has 2 aromatic carbocycles. The van der Waals surface area contributed by atoms with Crippen LogP contribution in [0.1, 0.15) is 42.7 Å². The summed E-state index contributed by atoms with van der Waals surface area (Å²) >= 11 is 0. The lowest BCUT2D eigenvalue weighted by Gasteiger charge is -2.31. The highest BCUT2D eigenvalue weighted by Crippen LogP contribution is 2.40. The molecule has 0 radical (unpaired) electrons. The van der Waals surface area contributed by atoms with E-state index in [0.717, 1.165) is 42.9 Å². The van der Waals surface area contributed by atoms with Crippen molar-refractivity contribution in [3.05, 3.63) is 96.1 Å². The number of nitrogens with one attached hydrogen (secondary N) is 1. The van der Waals surface area contributed by atoms with Crippen LogP contribution in [-0.2, 0) is 6.54 Å². The minimum absolute atomic E-state index is 0.0370. The van der Waals surface area contributed by atoms with Gasteiger partial charge in [0.15, 0.2) is 0 Å². The standard InChI is InChI=1S/C17H25N5.C9H9F.CH5N/c1-14(13-22(18)19-3)21-11-7-10-17(21)15(2)20-12-16-8-5-4-6-9-16;10-9-4-2-1-3-8(9)7-5-6-7;1-2/h4-6,8-9,17,20H,1-3,7,10-13,18H2;1-4,7H,5-6H2;2H2,1H3. The van der Waals surface area contributed by atoms with Gasteiger partial charge in [0.2, 0.25) is 0 Å². The van der Waals surface area contributed by atoms with Gasteiger partial charge >= 0.3 is 0 Å². The molecule has 1 unspecified atom stereocenters. The van der Waals surface area contributed by atoms with Crippen molar-refractivity contribution in [2.24, 2.45) is 16.7 Å². The topological polar surface area (TPSA) is 82.9 Å². The van der Waals surface area contributed by atoms with E-state index in [9.17, 15) is 4.39 Å². The Bertz CT molecular complexity index is 912. The van der Waals surface area contributed by atoms with Gasteiger partial charge in [0.25, 0.3) is 0 Å². The smallest absolute Gasteiger partial charge is 0.126 e. The first-order valence-electron chi connectivity index (χ1n) is 11.7. The summed E-state index contributed by atoms with van der Waals surface area (Å²) in [6.45, 7) is 14.0. The van der Waals surface area contributed by atoms with Gasteiger partial charge < -0.3 is 16.0 Å². The van der Waals surface area contributed by atoms with Crippen LogP contribution in [0.2, 0.25) is 0 Å². The van der Waals surface area contributed by atoms with E-state index in [0.29, 0.717) is 12.5 Å². The zero-order valence-corrected chi connectivity index (χ0v) is 20.3. The number of nitrogens with zero attached hydrogens (tertiary/aromatic N) is 3. The highest BCUT2D eigenvalue weighted by molar-refractivity contribution is 5.25. The van der Waals surface area contributed by atoms with E-state index in [2.05, 4.69) is 53.1 Å². The molecule has 7 heteroatoms. The van der Waals surface area contributed by atoms with Crippen molar-refractivity contribution in [2.75, 3.05) is 20.1 Å². The highest BCUT2D eigenvalue weighted by atomic mass is 19.1. The predicted molar refractivity (Wildman–Crippen MR) is 140 cm³/mol. The highest BCUT2D eigenvalue weighted by Gasteiger charge is 2.28. The van der Waals surface area contributed by atoms with Gasteiger partial charge in [0, 0.05) is 31.2 Å². The molecule has 2 aromatic rings. The Morgan fingerprint density at radius 3 is 2.35 bits per heavy atom. The number of likely N-dealkylation sites (tertiary alicyclic amines) is 1. The van der Waals surface area contributed by atoms with Crippen LogP contribution in [0.25, 0.3) is 0 Å². The molecule has 2 aliphatic rings. The number of hydrogen-bond acceptors (Lipinski definition) is 6. The zero-order chi connectivity index (χ0) is 24.9. The minimum atomic E-state index is -0.0370. The summed E-state index contributed by atoms with van der Waals surface area (Å²) in [6, 6.07) is 17.6. The summed E-state index contributed by atoms with van der Waals surface area (Å²) in [4.78, 5) is 2.26. The van der Waals surface area contributed by atoms with Crippen LogP contribution in [0.4, 0.5) is 4.39 Å². The Hall–Kier alpha value is -3.16. The van der Waals surface area contributed by atoms with Gasteiger partial charge in [-0.15, -0.1) is 0 Å². The first-order valence-corrected chi connectivity index (χ1v) is 11.7. The molecule has 184 valence electrons. The van der Waals surface area contributed by atoms with Crippen molar-refractivity contribution in [1.29, 1.82) is 0 Å². The van der Waals surface area contributed by atoms with Gasteiger partial charge in [-0.3, -0.25) is 0 Å². The Morgan fingerprint density at radius 2 is 1.74 bits per heavy atom. The molecular formula is C27H39FN6. The second-order valence-electron chi connectivity index (χ2n) is 8.32. The molecule has 5 N–H and O–H groups in total. The summed E-state index contributed by atoms with van der Waals surface area (Å²) in [5.74, 6) is 6.17. The van der Waals surface area contributed by atoms with Gasteiger partial charge in [-0.05, 0) is 55.8 Å². The summed E-state index contributed by atoms with van der Waals surface area (Å²) in [5.41, 5.74) is 8.62. The van der Waals surface area contributed by atoms with Crippen molar-refractivity contribution in [2.45, 2.75) is 44.2 Å². The monoisotopic (exact) mass is 466 g/mol. The summed E-state index contributed by atoms with van der Waals surface area (Å²) in [6.07, 6.45) is 4.54. The van der Waals surface area contributed by atoms with Crippen LogP contribution in [-0.4, -0.2) is 42.9 Å². The van der Waals surface area contributed by atoms with Crippen LogP contribution >= 0.6 is 0 Å². The maximum absolute atomic E-state index is 12.9. The predicted octanol–water partition coefficient (Wildman–Crippen LogP) is 4.34. The van der Waals surface area contributed by atoms with Gasteiger partial charge in [-0.25, -0.2) is 15.4 Å². The van der Waals surface area contributed by atoms with Crippen molar-refractivity contribution in [3.63, 3.8) is 0 Å². The van der Waals surface area contributed by atoms with Crippen LogP contribution < -0.4 is 16.9 Å². The van der Waals surface area contributed by atoms with Crippen molar-refractivity contribution in [3.8, 4) is 0 Å². The fourth-order valence-corrected chi connectivity index (χ4v) is 3.97. The number of hydrazine groups is 1. The third kappa shape index (κ3) is 8.32. The lowest BCUT2D eigenvalue weighted by molar-refractivity contribution is 0.263. The quantitative estimate of drug-likeness (QED) is 0.291. The first-order chi connectivity index (χ1) is 16.5. The molecule has 2 fully saturated rings. The number of hydrogen-bond donors (Lipinski definition) is 3. The molecule has 1 aliphatic heterocycles. The largest absolute Gasteiger partial charge is 0.383 e. The fraction of sp³-hybridized carbons (Fsp3) is 0.370. The zero-order valence-electron chi connectivity index (χ0n) is 20.3. The summed E-state index contributed by atoms with van der Waals surface area (Å²) in [5, 5.41) is 8.42. The van der Waals surface area contributed by atoms with E-state index in [4.69, 9.17) is 5.84 Å². The molecule has 1 heterocycles. The fourth-order valence-electron chi connectivity index (χ4n) is 3.97. The van der Waals surface area contributed by atoms with Crippen molar-refractivity contribution in [1.82, 2.24) is 15.3 Å². The Balaban J connectivity index is 0.000000281. The number of nitrogens with two attached hydrogens (primary N) is 2. The van der Waals surface area contributed by atoms with Crippen LogP contribution in [0, 0.1) is 5.82 Å².